The van der Waals surface area contributed by atoms with Crippen LogP contribution in [0.2, 0.25) is 0 Å². The van der Waals surface area contributed by atoms with Gasteiger partial charge in [0.15, 0.2) is 5.69 Å². The van der Waals surface area contributed by atoms with Gasteiger partial charge in [-0.2, -0.15) is 4.94 Å². The molecule has 0 unspecified atom stereocenters. The maximum Gasteiger partial charge on any atom is 0.354 e. The Balaban J connectivity index is 0.00000141. The molecule has 0 spiro atoms. The molecule has 3 heterocycles. The van der Waals surface area contributed by atoms with Crippen molar-refractivity contribution in [3.05, 3.63) is 70.8 Å². The molecule has 1 amide bonds. The standard InChI is InChI=1S/C33H38N4O4.CH3FO/c1-6-8-20(9-7-2)28-26-12-10-21(32(34)38)16-27(26)36-17-23(29-31(33(39)40)37(18-35-29)19(3)4)14-22-15-24(41-5)11-13-25(22)30(28)36;1-3-2/h10-16,18-20H,6-9,17H2,1-5H3,(H2,34,38)(H,39,40);1H3. The number of halogens is 1. The van der Waals surface area contributed by atoms with Crippen molar-refractivity contribution in [3.8, 4) is 17.0 Å². The first-order valence-corrected chi connectivity index (χ1v) is 14.9. The number of benzene rings is 2. The summed E-state index contributed by atoms with van der Waals surface area (Å²) in [5.41, 5.74) is 12.7. The van der Waals surface area contributed by atoms with Crippen LogP contribution in [0.1, 0.15) is 103 Å². The molecule has 1 aliphatic heterocycles. The van der Waals surface area contributed by atoms with E-state index in [1.807, 2.05) is 50.3 Å². The Hall–Kier alpha value is -4.44. The number of fused-ring (bicyclic) bond motifs is 5. The van der Waals surface area contributed by atoms with E-state index in [0.717, 1.165) is 66.1 Å². The Morgan fingerprint density at radius 1 is 1.09 bits per heavy atom. The summed E-state index contributed by atoms with van der Waals surface area (Å²) >= 11 is 0. The lowest BCUT2D eigenvalue weighted by Crippen LogP contribution is -2.13. The van der Waals surface area contributed by atoms with E-state index >= 15 is 0 Å². The second-order valence-electron chi connectivity index (χ2n) is 11.2. The molecule has 2 aromatic heterocycles. The van der Waals surface area contributed by atoms with Gasteiger partial charge >= 0.3 is 5.97 Å². The van der Waals surface area contributed by atoms with E-state index in [4.69, 9.17) is 10.5 Å². The number of methoxy groups -OCH3 is 1. The predicted octanol–water partition coefficient (Wildman–Crippen LogP) is 7.65. The van der Waals surface area contributed by atoms with Gasteiger partial charge in [-0.25, -0.2) is 9.78 Å². The van der Waals surface area contributed by atoms with Crippen molar-refractivity contribution < 1.29 is 28.9 Å². The van der Waals surface area contributed by atoms with E-state index in [1.165, 1.54) is 5.56 Å². The lowest BCUT2D eigenvalue weighted by Gasteiger charge is -2.19. The highest BCUT2D eigenvalue weighted by Crippen LogP contribution is 2.46. The summed E-state index contributed by atoms with van der Waals surface area (Å²) in [6, 6.07) is 11.7. The molecule has 1 aliphatic rings. The molecule has 10 heteroatoms. The van der Waals surface area contributed by atoms with Crippen molar-refractivity contribution >= 4 is 34.4 Å². The first-order chi connectivity index (χ1) is 21.1. The number of carbonyl (C=O) groups excluding carboxylic acids is 1. The first-order valence-electron chi connectivity index (χ1n) is 14.9. The van der Waals surface area contributed by atoms with Gasteiger partial charge in [0.2, 0.25) is 5.91 Å². The van der Waals surface area contributed by atoms with Crippen molar-refractivity contribution in [1.29, 1.82) is 0 Å². The van der Waals surface area contributed by atoms with Crippen LogP contribution in [-0.2, 0) is 11.5 Å². The number of rotatable bonds is 10. The molecule has 5 rings (SSSR count). The van der Waals surface area contributed by atoms with Crippen LogP contribution in [0, 0.1) is 0 Å². The maximum atomic E-state index is 12.5. The molecule has 0 bridgehead atoms. The highest BCUT2D eigenvalue weighted by molar-refractivity contribution is 6.03. The van der Waals surface area contributed by atoms with E-state index in [-0.39, 0.29) is 11.7 Å². The first kappa shape index (κ1) is 32.5. The summed E-state index contributed by atoms with van der Waals surface area (Å²) in [6.07, 6.45) is 7.79. The maximum absolute atomic E-state index is 12.5. The molecule has 0 aliphatic carbocycles. The van der Waals surface area contributed by atoms with Gasteiger partial charge in [0.1, 0.15) is 11.4 Å². The second kappa shape index (κ2) is 13.9. The number of aromatic carboxylic acids is 1. The molecule has 0 radical (unpaired) electrons. The highest BCUT2D eigenvalue weighted by Gasteiger charge is 2.30. The number of imidazole rings is 1. The monoisotopic (exact) mass is 604 g/mol. The van der Waals surface area contributed by atoms with Crippen LogP contribution in [0.5, 0.6) is 5.75 Å². The number of hydrogen-bond donors (Lipinski definition) is 2. The van der Waals surface area contributed by atoms with Crippen LogP contribution in [0.15, 0.2) is 42.7 Å². The summed E-state index contributed by atoms with van der Waals surface area (Å²) in [5.74, 6) is -0.482. The number of aromatic nitrogens is 3. The van der Waals surface area contributed by atoms with Gasteiger partial charge in [-0.1, -0.05) is 32.8 Å². The van der Waals surface area contributed by atoms with Gasteiger partial charge in [0, 0.05) is 33.6 Å². The van der Waals surface area contributed by atoms with E-state index in [9.17, 15) is 19.2 Å². The van der Waals surface area contributed by atoms with E-state index in [2.05, 4.69) is 34.4 Å². The average molecular weight is 605 g/mol. The quantitative estimate of drug-likeness (QED) is 0.192. The summed E-state index contributed by atoms with van der Waals surface area (Å²) in [7, 11) is 2.60. The van der Waals surface area contributed by atoms with E-state index in [0.29, 0.717) is 29.5 Å². The number of carbonyl (C=O) groups is 2. The largest absolute Gasteiger partial charge is 0.497 e. The number of hydrogen-bond acceptors (Lipinski definition) is 5. The Bertz CT molecular complexity index is 1700. The molecule has 0 saturated carbocycles. The van der Waals surface area contributed by atoms with Crippen molar-refractivity contribution in [3.63, 3.8) is 0 Å². The van der Waals surface area contributed by atoms with E-state index in [1.54, 1.807) is 18.0 Å². The molecule has 2 aromatic carbocycles. The summed E-state index contributed by atoms with van der Waals surface area (Å²) in [4.78, 5) is 32.2. The number of amides is 1. The highest BCUT2D eigenvalue weighted by atomic mass is 19.3. The molecule has 9 nitrogen and oxygen atoms in total. The molecule has 44 heavy (non-hydrogen) atoms. The fourth-order valence-corrected chi connectivity index (χ4v) is 6.28. The minimum atomic E-state index is -1.03. The van der Waals surface area contributed by atoms with Crippen molar-refractivity contribution in [2.24, 2.45) is 5.73 Å². The third-order valence-electron chi connectivity index (χ3n) is 8.10. The zero-order valence-electron chi connectivity index (χ0n) is 26.2. The fourth-order valence-electron chi connectivity index (χ4n) is 6.28. The van der Waals surface area contributed by atoms with Crippen LogP contribution >= 0.6 is 0 Å². The zero-order valence-corrected chi connectivity index (χ0v) is 26.2. The summed E-state index contributed by atoms with van der Waals surface area (Å²) < 4.78 is 19.3. The average Bonchev–Trinajstić information content (AvgIpc) is 3.52. The molecule has 0 fully saturated rings. The normalized spacial score (nSPS) is 12.3. The van der Waals surface area contributed by atoms with E-state index < -0.39 is 11.9 Å². The number of carboxylic acid groups (broad SMARTS) is 1. The van der Waals surface area contributed by atoms with Crippen LogP contribution in [0.4, 0.5) is 4.53 Å². The lowest BCUT2D eigenvalue weighted by atomic mass is 9.86. The van der Waals surface area contributed by atoms with Gasteiger partial charge in [0.25, 0.3) is 0 Å². The smallest absolute Gasteiger partial charge is 0.354 e. The van der Waals surface area contributed by atoms with Crippen molar-refractivity contribution in [2.45, 2.75) is 71.9 Å². The van der Waals surface area contributed by atoms with Gasteiger partial charge in [0.05, 0.1) is 32.8 Å². The van der Waals surface area contributed by atoms with Crippen LogP contribution < -0.4 is 10.5 Å². The molecule has 234 valence electrons. The summed E-state index contributed by atoms with van der Waals surface area (Å²) in [5, 5.41) is 11.3. The molecule has 0 saturated heterocycles. The zero-order chi connectivity index (χ0) is 32.1. The molecular formula is C34H41FN4O5. The van der Waals surface area contributed by atoms with Gasteiger partial charge in [-0.15, -0.1) is 0 Å². The minimum absolute atomic E-state index is 0.0716. The third-order valence-corrected chi connectivity index (χ3v) is 8.10. The van der Waals surface area contributed by atoms with Gasteiger partial charge in [-0.05, 0) is 84.7 Å². The van der Waals surface area contributed by atoms with Crippen molar-refractivity contribution in [1.82, 2.24) is 14.1 Å². The fraction of sp³-hybridized carbons (Fsp3) is 0.382. The van der Waals surface area contributed by atoms with Gasteiger partial charge < -0.3 is 24.7 Å². The number of nitrogens with zero attached hydrogens (tertiary/aromatic N) is 3. The minimum Gasteiger partial charge on any atom is -0.497 e. The summed E-state index contributed by atoms with van der Waals surface area (Å²) in [6.45, 7) is 8.68. The lowest BCUT2D eigenvalue weighted by molar-refractivity contribution is -0.0960. The Labute approximate surface area is 257 Å². The number of primary amides is 1. The second-order valence-corrected chi connectivity index (χ2v) is 11.2. The molecule has 4 aromatic rings. The van der Waals surface area contributed by atoms with Crippen LogP contribution in [-0.4, -0.2) is 45.3 Å². The SMILES string of the molecule is CCCC(CCC)c1c2n(c3cc(C(N)=O)ccc13)CC(c1ncn(C(C)C)c1C(=O)O)=Cc1cc(OC)ccc1-2.COF. The van der Waals surface area contributed by atoms with Crippen LogP contribution in [0.3, 0.4) is 0 Å². The third kappa shape index (κ3) is 6.12. The molecular weight excluding hydrogens is 563 g/mol. The number of ether oxygens (including phenoxy) is 1. The van der Waals surface area contributed by atoms with Crippen molar-refractivity contribution in [2.75, 3.05) is 14.2 Å². The Morgan fingerprint density at radius 3 is 2.34 bits per heavy atom. The molecule has 3 N–H and O–H groups in total. The van der Waals surface area contributed by atoms with Crippen LogP contribution in [0.25, 0.3) is 33.8 Å². The molecule has 0 atom stereocenters. The topological polar surface area (TPSA) is 122 Å². The predicted molar refractivity (Wildman–Crippen MR) is 171 cm³/mol. The Kier molecular flexibility index (Phi) is 10.3. The number of carboxylic acids is 1. The number of allylic oxidation sites excluding steroid dienone is 1. The Morgan fingerprint density at radius 2 is 1.77 bits per heavy atom. The number of nitrogens with two attached hydrogens (primary N) is 1. The van der Waals surface area contributed by atoms with Gasteiger partial charge in [-0.3, -0.25) is 4.79 Å².